The quantitative estimate of drug-likeness (QED) is 0.244. The zero-order valence-corrected chi connectivity index (χ0v) is 14.2. The van der Waals surface area contributed by atoms with Gasteiger partial charge in [-0.3, -0.25) is 9.59 Å². The highest BCUT2D eigenvalue weighted by Crippen LogP contribution is 2.05. The number of hydrogen-bond acceptors (Lipinski definition) is 4. The van der Waals surface area contributed by atoms with Gasteiger partial charge in [-0.15, -0.1) is 0 Å². The van der Waals surface area contributed by atoms with Crippen molar-refractivity contribution in [3.05, 3.63) is 18.2 Å². The topological polar surface area (TPSA) is 135 Å². The summed E-state index contributed by atoms with van der Waals surface area (Å²) in [6, 6.07) is -1.56. The number of unbranched alkanes of at least 4 members (excludes halogenated alkanes) is 2. The minimum Gasteiger partial charge on any atom is -0.480 e. The Hall–Kier alpha value is -1.93. The van der Waals surface area contributed by atoms with E-state index in [1.54, 1.807) is 0 Å². The molecule has 8 nitrogen and oxygen atoms in total. The number of carbonyl (C=O) groups is 2. The van der Waals surface area contributed by atoms with Gasteiger partial charge in [-0.05, 0) is 38.5 Å². The van der Waals surface area contributed by atoms with Gasteiger partial charge in [0.2, 0.25) is 6.33 Å². The first-order valence-corrected chi connectivity index (χ1v) is 8.34. The van der Waals surface area contributed by atoms with E-state index in [1.165, 1.54) is 0 Å². The van der Waals surface area contributed by atoms with Gasteiger partial charge in [-0.1, -0.05) is 0 Å². The van der Waals surface area contributed by atoms with Crippen LogP contribution in [-0.4, -0.2) is 38.8 Å². The fraction of sp³-hybridized carbons (Fsp3) is 0.688. The standard InChI is InChI=1S/C16H28N4O4/c1-12-10-19(8-4-2-6-13(17)15(21)22)11-20(12)9-5-3-7-14(18)16(23)24/h10-11,13-14H,2-9,17-18H2,1H3,(H-,21,22,23,24)/p+1/i17+1,18+1. The highest BCUT2D eigenvalue weighted by molar-refractivity contribution is 5.73. The van der Waals surface area contributed by atoms with Crippen molar-refractivity contribution in [3.63, 3.8) is 0 Å². The van der Waals surface area contributed by atoms with E-state index in [0.717, 1.165) is 44.5 Å². The number of aryl methyl sites for hydroxylation is 3. The molecular weight excluding hydrogens is 314 g/mol. The highest BCUT2D eigenvalue weighted by atomic mass is 16.4. The molecule has 2 unspecified atom stereocenters. The van der Waals surface area contributed by atoms with Crippen LogP contribution in [-0.2, 0) is 22.7 Å². The molecule has 1 aromatic rings. The molecule has 0 saturated heterocycles. The average Bonchev–Trinajstić information content (AvgIpc) is 2.87. The summed E-state index contributed by atoms with van der Waals surface area (Å²) in [5.74, 6) is -1.90. The van der Waals surface area contributed by atoms with Crippen LogP contribution < -0.4 is 16.0 Å². The molecule has 0 aromatic carbocycles. The molecule has 0 saturated carbocycles. The minimum atomic E-state index is -0.952. The molecule has 6 N–H and O–H groups in total. The third kappa shape index (κ3) is 7.10. The summed E-state index contributed by atoms with van der Waals surface area (Å²) in [4.78, 5) is 21.3. The zero-order valence-electron chi connectivity index (χ0n) is 14.2. The lowest BCUT2D eigenvalue weighted by Crippen LogP contribution is -2.32. The third-order valence-corrected chi connectivity index (χ3v) is 4.07. The lowest BCUT2D eigenvalue weighted by molar-refractivity contribution is -0.697. The Morgan fingerprint density at radius 3 is 2.17 bits per heavy atom. The molecule has 1 heterocycles. The van der Waals surface area contributed by atoms with Gasteiger partial charge in [0.05, 0.1) is 13.1 Å². The summed E-state index contributed by atoms with van der Waals surface area (Å²) < 4.78 is 4.22. The van der Waals surface area contributed by atoms with Crippen LogP contribution in [0.15, 0.2) is 12.5 Å². The fourth-order valence-corrected chi connectivity index (χ4v) is 2.53. The maximum atomic E-state index is 10.7. The first-order valence-electron chi connectivity index (χ1n) is 8.34. The SMILES string of the molecule is Cc1c[n+](CCCCC([15NH2])C(=O)O)cn1CCCCC([15NH2])C(=O)O. The molecule has 0 radical (unpaired) electrons. The molecule has 0 aliphatic carbocycles. The van der Waals surface area contributed by atoms with E-state index in [4.69, 9.17) is 21.7 Å². The fourth-order valence-electron chi connectivity index (χ4n) is 2.53. The minimum absolute atomic E-state index is 0.486. The Bertz CT molecular complexity index is 544. The summed E-state index contributed by atoms with van der Waals surface area (Å²) in [5.41, 5.74) is 12.1. The van der Waals surface area contributed by atoms with Gasteiger partial charge in [-0.25, -0.2) is 9.13 Å². The number of hydrogen-bond donors (Lipinski definition) is 4. The van der Waals surface area contributed by atoms with Gasteiger partial charge in [0.1, 0.15) is 24.0 Å². The van der Waals surface area contributed by atoms with Gasteiger partial charge in [0.25, 0.3) is 0 Å². The first-order chi connectivity index (χ1) is 11.3. The van der Waals surface area contributed by atoms with Crippen molar-refractivity contribution in [2.24, 2.45) is 11.5 Å². The predicted molar refractivity (Wildman–Crippen MR) is 88.3 cm³/mol. The highest BCUT2D eigenvalue weighted by Gasteiger charge is 2.13. The maximum absolute atomic E-state index is 10.7. The Kier molecular flexibility index (Phi) is 8.42. The van der Waals surface area contributed by atoms with Gasteiger partial charge in [0, 0.05) is 6.92 Å². The molecule has 0 aliphatic rings. The van der Waals surface area contributed by atoms with Crippen molar-refractivity contribution in [1.82, 2.24) is 4.57 Å². The number of imidazole rings is 1. The summed E-state index contributed by atoms with van der Waals surface area (Å²) in [7, 11) is 0. The van der Waals surface area contributed by atoms with Crippen molar-refractivity contribution in [1.29, 1.82) is 0 Å². The van der Waals surface area contributed by atoms with Crippen molar-refractivity contribution in [2.75, 3.05) is 0 Å². The lowest BCUT2D eigenvalue weighted by atomic mass is 10.1. The second-order valence-electron chi connectivity index (χ2n) is 6.20. The van der Waals surface area contributed by atoms with Crippen molar-refractivity contribution in [2.45, 2.75) is 70.6 Å². The first kappa shape index (κ1) is 20.1. The van der Waals surface area contributed by atoms with Gasteiger partial charge in [0.15, 0.2) is 0 Å². The molecule has 0 fully saturated rings. The van der Waals surface area contributed by atoms with E-state index in [2.05, 4.69) is 15.3 Å². The predicted octanol–water partition coefficient (Wildman–Crippen LogP) is 0.248. The van der Waals surface area contributed by atoms with Crippen LogP contribution in [0.5, 0.6) is 0 Å². The van der Waals surface area contributed by atoms with Crippen LogP contribution in [0.4, 0.5) is 0 Å². The second-order valence-corrected chi connectivity index (χ2v) is 6.20. The molecule has 8 heteroatoms. The van der Waals surface area contributed by atoms with E-state index < -0.39 is 24.0 Å². The van der Waals surface area contributed by atoms with E-state index in [1.807, 2.05) is 13.3 Å². The van der Waals surface area contributed by atoms with E-state index in [9.17, 15) is 9.59 Å². The summed E-state index contributed by atoms with van der Waals surface area (Å²) in [5, 5.41) is 17.5. The summed E-state index contributed by atoms with van der Waals surface area (Å²) in [6.45, 7) is 3.68. The van der Waals surface area contributed by atoms with Gasteiger partial charge in [-0.2, -0.15) is 0 Å². The molecule has 2 atom stereocenters. The molecule has 136 valence electrons. The van der Waals surface area contributed by atoms with E-state index >= 15 is 0 Å². The van der Waals surface area contributed by atoms with Crippen LogP contribution >= 0.6 is 0 Å². The molecule has 0 amide bonds. The van der Waals surface area contributed by atoms with Crippen LogP contribution in [0, 0.1) is 6.92 Å². The number of nitrogens with two attached hydrogens (primary N) is 2. The van der Waals surface area contributed by atoms with Crippen LogP contribution in [0.25, 0.3) is 0 Å². The average molecular weight is 343 g/mol. The van der Waals surface area contributed by atoms with Crippen molar-refractivity contribution < 1.29 is 24.4 Å². The molecule has 24 heavy (non-hydrogen) atoms. The Morgan fingerprint density at radius 2 is 1.62 bits per heavy atom. The normalized spacial score (nSPS) is 13.6. The van der Waals surface area contributed by atoms with Crippen LogP contribution in [0.1, 0.15) is 44.2 Å². The van der Waals surface area contributed by atoms with Crippen LogP contribution in [0.3, 0.4) is 0 Å². The number of nitrogens with zero attached hydrogens (tertiary/aromatic N) is 2. The largest absolute Gasteiger partial charge is 0.480 e. The number of rotatable bonds is 12. The third-order valence-electron chi connectivity index (χ3n) is 4.07. The van der Waals surface area contributed by atoms with Crippen LogP contribution in [0.2, 0.25) is 0 Å². The maximum Gasteiger partial charge on any atom is 0.320 e. The molecule has 1 aromatic heterocycles. The summed E-state index contributed by atoms with van der Waals surface area (Å²) >= 11 is 0. The molecule has 1 rings (SSSR count). The van der Waals surface area contributed by atoms with Gasteiger partial charge >= 0.3 is 11.9 Å². The summed E-state index contributed by atoms with van der Waals surface area (Å²) in [6.07, 6.45) is 8.37. The number of aliphatic carboxylic acids is 2. The van der Waals surface area contributed by atoms with Crippen molar-refractivity contribution in [3.8, 4) is 0 Å². The molecular formula is C16H29N4O4+. The molecule has 0 spiro atoms. The molecule has 0 bridgehead atoms. The van der Waals surface area contributed by atoms with Crippen molar-refractivity contribution >= 4 is 11.9 Å². The number of aromatic nitrogens is 2. The smallest absolute Gasteiger partial charge is 0.320 e. The Morgan fingerprint density at radius 1 is 1.08 bits per heavy atom. The number of carboxylic acid groups (broad SMARTS) is 2. The Labute approximate surface area is 142 Å². The van der Waals surface area contributed by atoms with Gasteiger partial charge < -0.3 is 21.7 Å². The Balaban J connectivity index is 2.29. The van der Waals surface area contributed by atoms with E-state index in [-0.39, 0.29) is 0 Å². The second kappa shape index (κ2) is 10.0. The zero-order chi connectivity index (χ0) is 18.1. The van der Waals surface area contributed by atoms with E-state index in [0.29, 0.717) is 12.8 Å². The molecule has 0 aliphatic heterocycles. The number of carboxylic acids is 2. The monoisotopic (exact) mass is 343 g/mol. The lowest BCUT2D eigenvalue weighted by Gasteiger charge is -2.05.